The number of hydrogen-bond donors (Lipinski definition) is 1. The summed E-state index contributed by atoms with van der Waals surface area (Å²) < 4.78 is 39.2. The van der Waals surface area contributed by atoms with Gasteiger partial charge in [0.1, 0.15) is 5.82 Å². The van der Waals surface area contributed by atoms with E-state index in [0.29, 0.717) is 11.8 Å². The molecular weight excluding hydrogens is 373 g/mol. The van der Waals surface area contributed by atoms with Gasteiger partial charge in [-0.05, 0) is 93.0 Å². The van der Waals surface area contributed by atoms with Crippen LogP contribution in [0.3, 0.4) is 0 Å². The van der Waals surface area contributed by atoms with Crippen molar-refractivity contribution >= 4 is 6.08 Å². The standard InChI is InChI=1S/C24H29F3N2/c1-4-5-21-16(3)28-22(29-21)15(2)17-8-11-23(12-9-17)13-10-18-14-19(24(25,26)27)6-7-20(18)23/h4-7,14-15,17H,8-13H2,1-3H3,(H,28,29)/b5-4-. The Morgan fingerprint density at radius 1 is 1.21 bits per heavy atom. The maximum atomic E-state index is 13.1. The largest absolute Gasteiger partial charge is 0.416 e. The van der Waals surface area contributed by atoms with Crippen LogP contribution in [0.15, 0.2) is 24.3 Å². The zero-order valence-electron chi connectivity index (χ0n) is 17.4. The highest BCUT2D eigenvalue weighted by molar-refractivity contribution is 5.47. The number of allylic oxidation sites excluding steroid dienone is 1. The lowest BCUT2D eigenvalue weighted by Crippen LogP contribution is -2.31. The molecule has 0 amide bonds. The molecule has 29 heavy (non-hydrogen) atoms. The number of aromatic nitrogens is 2. The normalized spacial score (nSPS) is 25.7. The van der Waals surface area contributed by atoms with Gasteiger partial charge >= 0.3 is 6.18 Å². The van der Waals surface area contributed by atoms with E-state index in [1.54, 1.807) is 6.07 Å². The summed E-state index contributed by atoms with van der Waals surface area (Å²) in [5, 5.41) is 0. The van der Waals surface area contributed by atoms with Crippen LogP contribution in [0.25, 0.3) is 6.08 Å². The predicted octanol–water partition coefficient (Wildman–Crippen LogP) is 6.95. The van der Waals surface area contributed by atoms with Crippen LogP contribution in [-0.2, 0) is 18.0 Å². The van der Waals surface area contributed by atoms with Gasteiger partial charge in [-0.3, -0.25) is 0 Å². The first kappa shape index (κ1) is 20.2. The van der Waals surface area contributed by atoms with Crippen molar-refractivity contribution in [3.8, 4) is 0 Å². The molecule has 1 unspecified atom stereocenters. The van der Waals surface area contributed by atoms with Crippen LogP contribution in [0.2, 0.25) is 0 Å². The summed E-state index contributed by atoms with van der Waals surface area (Å²) in [5.41, 5.74) is 3.74. The van der Waals surface area contributed by atoms with Gasteiger partial charge in [0.25, 0.3) is 0 Å². The second-order valence-corrected chi connectivity index (χ2v) is 8.91. The summed E-state index contributed by atoms with van der Waals surface area (Å²) in [4.78, 5) is 8.24. The maximum absolute atomic E-state index is 13.1. The fourth-order valence-corrected chi connectivity index (χ4v) is 5.47. The second-order valence-electron chi connectivity index (χ2n) is 8.91. The molecule has 0 saturated heterocycles. The maximum Gasteiger partial charge on any atom is 0.416 e. The minimum absolute atomic E-state index is 0.0743. The molecule has 156 valence electrons. The molecule has 1 atom stereocenters. The molecule has 1 aromatic heterocycles. The number of nitrogens with zero attached hydrogens (tertiary/aromatic N) is 1. The van der Waals surface area contributed by atoms with Crippen LogP contribution in [0.4, 0.5) is 13.2 Å². The van der Waals surface area contributed by atoms with E-state index in [1.165, 1.54) is 17.7 Å². The molecule has 1 heterocycles. The number of H-pyrrole nitrogens is 1. The van der Waals surface area contributed by atoms with Gasteiger partial charge in [-0.15, -0.1) is 0 Å². The molecule has 1 aromatic carbocycles. The third-order valence-corrected chi connectivity index (χ3v) is 7.27. The molecule has 2 nitrogen and oxygen atoms in total. The Kier molecular flexibility index (Phi) is 5.12. The monoisotopic (exact) mass is 402 g/mol. The highest BCUT2D eigenvalue weighted by Gasteiger charge is 2.43. The molecule has 2 aromatic rings. The minimum Gasteiger partial charge on any atom is -0.345 e. The van der Waals surface area contributed by atoms with Crippen LogP contribution in [0, 0.1) is 12.8 Å². The van der Waals surface area contributed by atoms with Gasteiger partial charge < -0.3 is 4.98 Å². The molecule has 5 heteroatoms. The number of halogens is 3. The smallest absolute Gasteiger partial charge is 0.345 e. The van der Waals surface area contributed by atoms with Crippen LogP contribution in [0.1, 0.15) is 85.8 Å². The quantitative estimate of drug-likeness (QED) is 0.591. The van der Waals surface area contributed by atoms with Crippen molar-refractivity contribution < 1.29 is 13.2 Å². The Labute approximate surface area is 170 Å². The SMILES string of the molecule is C/C=C\c1nc(C(C)C2CCC3(CCc4cc(C(F)(F)F)ccc43)CC2)[nH]c1C. The van der Waals surface area contributed by atoms with Crippen molar-refractivity contribution in [2.24, 2.45) is 5.92 Å². The highest BCUT2D eigenvalue weighted by atomic mass is 19.4. The molecule has 0 radical (unpaired) electrons. The van der Waals surface area contributed by atoms with Crippen LogP contribution >= 0.6 is 0 Å². The number of benzene rings is 1. The van der Waals surface area contributed by atoms with Crippen LogP contribution < -0.4 is 0 Å². The van der Waals surface area contributed by atoms with Crippen LogP contribution in [-0.4, -0.2) is 9.97 Å². The Balaban J connectivity index is 1.48. The van der Waals surface area contributed by atoms with Crippen molar-refractivity contribution in [3.05, 3.63) is 58.2 Å². The van der Waals surface area contributed by atoms with Gasteiger partial charge in [-0.25, -0.2) is 4.98 Å². The van der Waals surface area contributed by atoms with E-state index in [1.807, 2.05) is 19.1 Å². The summed E-state index contributed by atoms with van der Waals surface area (Å²) in [5.74, 6) is 1.97. The summed E-state index contributed by atoms with van der Waals surface area (Å²) >= 11 is 0. The van der Waals surface area contributed by atoms with E-state index in [2.05, 4.69) is 18.8 Å². The molecule has 2 aliphatic rings. The molecular formula is C24H29F3N2. The number of fused-ring (bicyclic) bond motifs is 2. The van der Waals surface area contributed by atoms with Crippen molar-refractivity contribution in [1.82, 2.24) is 9.97 Å². The van der Waals surface area contributed by atoms with E-state index in [9.17, 15) is 13.2 Å². The number of aryl methyl sites for hydroxylation is 2. The number of rotatable bonds is 3. The molecule has 1 fully saturated rings. The average Bonchev–Trinajstić information content (AvgIpc) is 3.23. The zero-order valence-corrected chi connectivity index (χ0v) is 17.4. The van der Waals surface area contributed by atoms with E-state index < -0.39 is 11.7 Å². The summed E-state index contributed by atoms with van der Waals surface area (Å²) in [6, 6.07) is 4.41. The Morgan fingerprint density at radius 3 is 2.59 bits per heavy atom. The Hall–Kier alpha value is -2.04. The molecule has 1 N–H and O–H groups in total. The number of imidazole rings is 1. The lowest BCUT2D eigenvalue weighted by Gasteiger charge is -2.40. The first-order valence-corrected chi connectivity index (χ1v) is 10.6. The number of hydrogen-bond acceptors (Lipinski definition) is 1. The zero-order chi connectivity index (χ0) is 20.8. The predicted molar refractivity (Wildman–Crippen MR) is 110 cm³/mol. The van der Waals surface area contributed by atoms with E-state index in [0.717, 1.165) is 61.3 Å². The van der Waals surface area contributed by atoms with Crippen LogP contribution in [0.5, 0.6) is 0 Å². The second kappa shape index (κ2) is 7.33. The summed E-state index contributed by atoms with van der Waals surface area (Å²) in [6.45, 7) is 6.30. The number of aromatic amines is 1. The van der Waals surface area contributed by atoms with Crippen molar-refractivity contribution in [3.63, 3.8) is 0 Å². The van der Waals surface area contributed by atoms with Gasteiger partial charge in [0.15, 0.2) is 0 Å². The van der Waals surface area contributed by atoms with Gasteiger partial charge in [-0.1, -0.05) is 19.1 Å². The van der Waals surface area contributed by atoms with Crippen molar-refractivity contribution in [1.29, 1.82) is 0 Å². The highest BCUT2D eigenvalue weighted by Crippen LogP contribution is 2.52. The van der Waals surface area contributed by atoms with Crippen molar-refractivity contribution in [2.45, 2.75) is 76.8 Å². The summed E-state index contributed by atoms with van der Waals surface area (Å²) in [6.07, 6.45) is 5.83. The molecule has 4 rings (SSSR count). The molecule has 0 aliphatic heterocycles. The van der Waals surface area contributed by atoms with E-state index >= 15 is 0 Å². The molecule has 0 bridgehead atoms. The van der Waals surface area contributed by atoms with Crippen molar-refractivity contribution in [2.75, 3.05) is 0 Å². The molecule has 1 spiro atoms. The number of nitrogens with one attached hydrogen (secondary N) is 1. The van der Waals surface area contributed by atoms with Gasteiger partial charge in [0, 0.05) is 11.6 Å². The topological polar surface area (TPSA) is 28.7 Å². The Morgan fingerprint density at radius 2 is 1.93 bits per heavy atom. The van der Waals surface area contributed by atoms with Gasteiger partial charge in [0.2, 0.25) is 0 Å². The fourth-order valence-electron chi connectivity index (χ4n) is 5.47. The minimum atomic E-state index is -4.26. The Bertz CT molecular complexity index is 915. The fraction of sp³-hybridized carbons (Fsp3) is 0.542. The van der Waals surface area contributed by atoms with Gasteiger partial charge in [0.05, 0.1) is 11.3 Å². The molecule has 1 saturated carbocycles. The first-order chi connectivity index (χ1) is 13.7. The lowest BCUT2D eigenvalue weighted by molar-refractivity contribution is -0.137. The number of alkyl halides is 3. The summed E-state index contributed by atoms with van der Waals surface area (Å²) in [7, 11) is 0. The van der Waals surface area contributed by atoms with E-state index in [4.69, 9.17) is 4.98 Å². The molecule has 2 aliphatic carbocycles. The third-order valence-electron chi connectivity index (χ3n) is 7.27. The van der Waals surface area contributed by atoms with Gasteiger partial charge in [-0.2, -0.15) is 13.2 Å². The van der Waals surface area contributed by atoms with E-state index in [-0.39, 0.29) is 5.41 Å². The third kappa shape index (κ3) is 3.64. The lowest BCUT2D eigenvalue weighted by atomic mass is 9.65. The first-order valence-electron chi connectivity index (χ1n) is 10.6. The average molecular weight is 403 g/mol.